The van der Waals surface area contributed by atoms with E-state index < -0.39 is 5.97 Å². The molecular formula is C11H16N2O4. The van der Waals surface area contributed by atoms with E-state index in [0.29, 0.717) is 25.0 Å². The van der Waals surface area contributed by atoms with Gasteiger partial charge in [-0.3, -0.25) is 9.59 Å². The van der Waals surface area contributed by atoms with E-state index in [1.165, 1.54) is 7.05 Å². The molecule has 1 rings (SSSR count). The molecule has 6 heteroatoms. The van der Waals surface area contributed by atoms with Crippen LogP contribution in [0.3, 0.4) is 0 Å². The van der Waals surface area contributed by atoms with E-state index in [0.717, 1.165) is 5.06 Å². The van der Waals surface area contributed by atoms with Crippen molar-refractivity contribution in [1.29, 1.82) is 0 Å². The van der Waals surface area contributed by atoms with Crippen LogP contribution in [0, 0.1) is 0 Å². The van der Waals surface area contributed by atoms with Crippen molar-refractivity contribution < 1.29 is 19.2 Å². The van der Waals surface area contributed by atoms with E-state index in [9.17, 15) is 14.4 Å². The number of rotatable bonds is 5. The Morgan fingerprint density at radius 2 is 2.12 bits per heavy atom. The Labute approximate surface area is 99.6 Å². The lowest BCUT2D eigenvalue weighted by atomic mass is 10.2. The van der Waals surface area contributed by atoms with Gasteiger partial charge in [0.25, 0.3) is 5.91 Å². The van der Waals surface area contributed by atoms with Crippen molar-refractivity contribution >= 4 is 17.8 Å². The highest BCUT2D eigenvalue weighted by atomic mass is 16.7. The molecule has 0 spiro atoms. The first-order chi connectivity index (χ1) is 8.04. The fourth-order valence-corrected chi connectivity index (χ4v) is 1.41. The summed E-state index contributed by atoms with van der Waals surface area (Å²) in [6.45, 7) is 3.62. The number of allylic oxidation sites excluding steroid dienone is 1. The van der Waals surface area contributed by atoms with Gasteiger partial charge in [-0.1, -0.05) is 6.58 Å². The first-order valence-corrected chi connectivity index (χ1v) is 5.46. The predicted molar refractivity (Wildman–Crippen MR) is 59.2 cm³/mol. The standard InChI is InChI=1S/C11H16N2O4/c1-8-6-7-10(15)13(8)17-11(16)5-3-4-9(14)12-2/h1,3-7H2,2H3,(H,12,14). The summed E-state index contributed by atoms with van der Waals surface area (Å²) in [5.74, 6) is -0.903. The quantitative estimate of drug-likeness (QED) is 0.759. The third-order valence-electron chi connectivity index (χ3n) is 2.40. The van der Waals surface area contributed by atoms with Gasteiger partial charge in [-0.05, 0) is 12.8 Å². The molecule has 17 heavy (non-hydrogen) atoms. The molecular weight excluding hydrogens is 224 g/mol. The summed E-state index contributed by atoms with van der Waals surface area (Å²) in [6, 6.07) is 0. The number of hydrogen-bond donors (Lipinski definition) is 1. The molecule has 0 aromatic carbocycles. The Bertz CT molecular complexity index is 335. The molecule has 1 N–H and O–H groups in total. The molecule has 0 saturated carbocycles. The van der Waals surface area contributed by atoms with E-state index in [2.05, 4.69) is 11.9 Å². The molecule has 0 atom stereocenters. The molecule has 6 nitrogen and oxygen atoms in total. The smallest absolute Gasteiger partial charge is 0.333 e. The Hall–Kier alpha value is -1.85. The van der Waals surface area contributed by atoms with E-state index in [1.807, 2.05) is 0 Å². The summed E-state index contributed by atoms with van der Waals surface area (Å²) in [7, 11) is 1.54. The zero-order valence-electron chi connectivity index (χ0n) is 9.82. The van der Waals surface area contributed by atoms with Crippen LogP contribution >= 0.6 is 0 Å². The number of hydroxylamine groups is 2. The van der Waals surface area contributed by atoms with Crippen molar-refractivity contribution in [3.05, 3.63) is 12.3 Å². The minimum Gasteiger partial charge on any atom is -0.359 e. The highest BCUT2D eigenvalue weighted by molar-refractivity contribution is 5.82. The SMILES string of the molecule is C=C1CCC(=O)N1OC(=O)CCCC(=O)NC. The zero-order chi connectivity index (χ0) is 12.8. The van der Waals surface area contributed by atoms with Crippen LogP contribution in [-0.4, -0.2) is 29.9 Å². The van der Waals surface area contributed by atoms with Crippen molar-refractivity contribution in [2.45, 2.75) is 32.1 Å². The molecule has 2 amide bonds. The normalized spacial score (nSPS) is 15.0. The van der Waals surface area contributed by atoms with Gasteiger partial charge >= 0.3 is 5.97 Å². The van der Waals surface area contributed by atoms with Gasteiger partial charge in [-0.25, -0.2) is 4.79 Å². The molecule has 0 aliphatic carbocycles. The summed E-state index contributed by atoms with van der Waals surface area (Å²) in [5, 5.41) is 3.40. The third-order valence-corrected chi connectivity index (χ3v) is 2.40. The number of nitrogens with one attached hydrogen (secondary N) is 1. The molecule has 1 fully saturated rings. The van der Waals surface area contributed by atoms with E-state index in [-0.39, 0.29) is 24.7 Å². The predicted octanol–water partition coefficient (Wildman–Crippen LogP) is 0.497. The topological polar surface area (TPSA) is 75.7 Å². The van der Waals surface area contributed by atoms with Gasteiger partial charge in [0.1, 0.15) is 0 Å². The lowest BCUT2D eigenvalue weighted by Crippen LogP contribution is -2.27. The lowest BCUT2D eigenvalue weighted by Gasteiger charge is -2.15. The summed E-state index contributed by atoms with van der Waals surface area (Å²) < 4.78 is 0. The van der Waals surface area contributed by atoms with E-state index in [1.54, 1.807) is 0 Å². The zero-order valence-corrected chi connectivity index (χ0v) is 9.82. The van der Waals surface area contributed by atoms with Gasteiger partial charge in [0.05, 0.1) is 5.70 Å². The van der Waals surface area contributed by atoms with E-state index in [4.69, 9.17) is 4.84 Å². The average molecular weight is 240 g/mol. The second-order valence-electron chi connectivity index (χ2n) is 3.74. The first-order valence-electron chi connectivity index (χ1n) is 5.46. The maximum Gasteiger partial charge on any atom is 0.333 e. The summed E-state index contributed by atoms with van der Waals surface area (Å²) in [4.78, 5) is 38.4. The van der Waals surface area contributed by atoms with E-state index >= 15 is 0 Å². The average Bonchev–Trinajstić information content (AvgIpc) is 2.60. The van der Waals surface area contributed by atoms with Crippen LogP contribution in [0.5, 0.6) is 0 Å². The van der Waals surface area contributed by atoms with Crippen molar-refractivity contribution in [3.8, 4) is 0 Å². The molecule has 0 aromatic rings. The van der Waals surface area contributed by atoms with Crippen LogP contribution in [0.1, 0.15) is 32.1 Å². The Kier molecular flexibility index (Phi) is 4.68. The van der Waals surface area contributed by atoms with Crippen molar-refractivity contribution in [3.63, 3.8) is 0 Å². The number of carbonyl (C=O) groups excluding carboxylic acids is 3. The number of carbonyl (C=O) groups is 3. The summed E-state index contributed by atoms with van der Waals surface area (Å²) >= 11 is 0. The van der Waals surface area contributed by atoms with Crippen LogP contribution in [0.25, 0.3) is 0 Å². The molecule has 0 bridgehead atoms. The van der Waals surface area contributed by atoms with Crippen LogP contribution in [0.4, 0.5) is 0 Å². The molecule has 0 aromatic heterocycles. The summed E-state index contributed by atoms with van der Waals surface area (Å²) in [6.07, 6.45) is 1.60. The summed E-state index contributed by atoms with van der Waals surface area (Å²) in [5.41, 5.74) is 0.495. The maximum absolute atomic E-state index is 11.4. The minimum atomic E-state index is -0.523. The Balaban J connectivity index is 2.27. The second-order valence-corrected chi connectivity index (χ2v) is 3.74. The van der Waals surface area contributed by atoms with Crippen molar-refractivity contribution in [1.82, 2.24) is 10.4 Å². The fraction of sp³-hybridized carbons (Fsp3) is 0.545. The number of nitrogens with zero attached hydrogens (tertiary/aromatic N) is 1. The second kappa shape index (κ2) is 6.03. The van der Waals surface area contributed by atoms with Gasteiger partial charge in [0.2, 0.25) is 5.91 Å². The van der Waals surface area contributed by atoms with Gasteiger partial charge in [-0.15, -0.1) is 5.06 Å². The van der Waals surface area contributed by atoms with Gasteiger partial charge in [0, 0.05) is 26.3 Å². The number of hydrogen-bond acceptors (Lipinski definition) is 4. The highest BCUT2D eigenvalue weighted by Gasteiger charge is 2.27. The molecule has 1 saturated heterocycles. The largest absolute Gasteiger partial charge is 0.359 e. The highest BCUT2D eigenvalue weighted by Crippen LogP contribution is 2.21. The lowest BCUT2D eigenvalue weighted by molar-refractivity contribution is -0.186. The van der Waals surface area contributed by atoms with Gasteiger partial charge in [0.15, 0.2) is 0 Å². The van der Waals surface area contributed by atoms with Gasteiger partial charge in [-0.2, -0.15) is 0 Å². The number of amides is 2. The first kappa shape index (κ1) is 13.2. The van der Waals surface area contributed by atoms with Crippen LogP contribution in [0.2, 0.25) is 0 Å². The maximum atomic E-state index is 11.4. The molecule has 1 aliphatic heterocycles. The van der Waals surface area contributed by atoms with Gasteiger partial charge < -0.3 is 10.2 Å². The third kappa shape index (κ3) is 3.90. The molecule has 94 valence electrons. The molecule has 0 unspecified atom stereocenters. The van der Waals surface area contributed by atoms with Crippen molar-refractivity contribution in [2.75, 3.05) is 7.05 Å². The fourth-order valence-electron chi connectivity index (χ4n) is 1.41. The molecule has 0 radical (unpaired) electrons. The van der Waals surface area contributed by atoms with Crippen LogP contribution in [-0.2, 0) is 19.2 Å². The van der Waals surface area contributed by atoms with Crippen LogP contribution in [0.15, 0.2) is 12.3 Å². The van der Waals surface area contributed by atoms with Crippen LogP contribution < -0.4 is 5.32 Å². The Morgan fingerprint density at radius 3 is 2.65 bits per heavy atom. The molecule has 1 heterocycles. The minimum absolute atomic E-state index is 0.102. The Morgan fingerprint density at radius 1 is 1.41 bits per heavy atom. The monoisotopic (exact) mass is 240 g/mol. The van der Waals surface area contributed by atoms with Crippen molar-refractivity contribution in [2.24, 2.45) is 0 Å². The molecule has 1 aliphatic rings.